The van der Waals surface area contributed by atoms with Crippen LogP contribution in [-0.4, -0.2) is 22.6 Å². The van der Waals surface area contributed by atoms with Crippen molar-refractivity contribution in [3.8, 4) is 0 Å². The minimum absolute atomic E-state index is 0.242. The molecule has 1 heterocycles. The molecule has 0 saturated carbocycles. The van der Waals surface area contributed by atoms with E-state index in [1.807, 2.05) is 6.07 Å². The van der Waals surface area contributed by atoms with E-state index in [0.29, 0.717) is 23.0 Å². The van der Waals surface area contributed by atoms with Crippen LogP contribution >= 0.6 is 46.1 Å². The highest BCUT2D eigenvalue weighted by atomic mass is 35.5. The van der Waals surface area contributed by atoms with Gasteiger partial charge in [-0.25, -0.2) is 0 Å². The maximum absolute atomic E-state index is 11.7. The van der Waals surface area contributed by atoms with Crippen LogP contribution in [0.1, 0.15) is 15.4 Å². The third-order valence-electron chi connectivity index (χ3n) is 2.29. The van der Waals surface area contributed by atoms with E-state index in [1.54, 1.807) is 12.1 Å². The Labute approximate surface area is 128 Å². The Morgan fingerprint density at radius 2 is 2.05 bits per heavy atom. The molecule has 0 aliphatic carbocycles. The van der Waals surface area contributed by atoms with Crippen LogP contribution in [0.5, 0.6) is 0 Å². The lowest BCUT2D eigenvalue weighted by Gasteiger charge is -2.05. The molecule has 1 amide bonds. The largest absolute Gasteiger partial charge is 0.350 e. The Morgan fingerprint density at radius 3 is 2.68 bits per heavy atom. The predicted octanol–water partition coefficient (Wildman–Crippen LogP) is 3.47. The summed E-state index contributed by atoms with van der Waals surface area (Å²) in [4.78, 5) is 11.7. The summed E-state index contributed by atoms with van der Waals surface area (Å²) >= 11 is 18.5. The van der Waals surface area contributed by atoms with E-state index in [-0.39, 0.29) is 15.4 Å². The number of halogens is 3. The third kappa shape index (κ3) is 4.04. The Balaban J connectivity index is 1.88. The van der Waals surface area contributed by atoms with Crippen LogP contribution in [0.25, 0.3) is 0 Å². The van der Waals surface area contributed by atoms with E-state index < -0.39 is 0 Å². The molecule has 0 fully saturated rings. The van der Waals surface area contributed by atoms with Crippen LogP contribution in [0, 0.1) is 0 Å². The van der Waals surface area contributed by atoms with Gasteiger partial charge in [0.15, 0.2) is 0 Å². The van der Waals surface area contributed by atoms with Crippen LogP contribution in [0.4, 0.5) is 0 Å². The van der Waals surface area contributed by atoms with Gasteiger partial charge < -0.3 is 5.32 Å². The second-order valence-corrected chi connectivity index (χ2v) is 6.01. The Bertz CT molecular complexity index is 603. The van der Waals surface area contributed by atoms with Crippen molar-refractivity contribution in [2.45, 2.75) is 6.42 Å². The highest BCUT2D eigenvalue weighted by molar-refractivity contribution is 7.17. The molecular formula is C11H8Cl3N3OS. The number of rotatable bonds is 4. The van der Waals surface area contributed by atoms with Crippen molar-refractivity contribution in [2.75, 3.05) is 6.54 Å². The van der Waals surface area contributed by atoms with Crippen molar-refractivity contribution in [1.29, 1.82) is 0 Å². The summed E-state index contributed by atoms with van der Waals surface area (Å²) in [5.74, 6) is -0.297. The first-order chi connectivity index (χ1) is 9.06. The summed E-state index contributed by atoms with van der Waals surface area (Å²) in [6.45, 7) is 0.442. The molecule has 2 aromatic rings. The number of benzene rings is 1. The minimum atomic E-state index is -0.297. The molecular weight excluding hydrogens is 329 g/mol. The maximum atomic E-state index is 11.7. The first kappa shape index (κ1) is 14.5. The molecule has 4 nitrogen and oxygen atoms in total. The monoisotopic (exact) mass is 335 g/mol. The number of hydrogen-bond acceptors (Lipinski definition) is 4. The van der Waals surface area contributed by atoms with Crippen LogP contribution in [0.3, 0.4) is 0 Å². The zero-order valence-corrected chi connectivity index (χ0v) is 12.6. The molecule has 8 heteroatoms. The molecule has 1 aromatic carbocycles. The van der Waals surface area contributed by atoms with Crippen molar-refractivity contribution in [3.05, 3.63) is 43.3 Å². The van der Waals surface area contributed by atoms with Gasteiger partial charge in [0, 0.05) is 16.6 Å². The van der Waals surface area contributed by atoms with Gasteiger partial charge in [-0.3, -0.25) is 4.79 Å². The molecule has 19 heavy (non-hydrogen) atoms. The minimum Gasteiger partial charge on any atom is -0.350 e. The van der Waals surface area contributed by atoms with Crippen molar-refractivity contribution in [1.82, 2.24) is 15.5 Å². The summed E-state index contributed by atoms with van der Waals surface area (Å²) in [5, 5.41) is 11.3. The summed E-state index contributed by atoms with van der Waals surface area (Å²) in [7, 11) is 0. The molecule has 0 aliphatic heterocycles. The zero-order valence-electron chi connectivity index (χ0n) is 9.49. The molecule has 2 rings (SSSR count). The van der Waals surface area contributed by atoms with Gasteiger partial charge >= 0.3 is 0 Å². The molecule has 0 atom stereocenters. The van der Waals surface area contributed by atoms with Crippen molar-refractivity contribution < 1.29 is 4.79 Å². The normalized spacial score (nSPS) is 10.5. The number of aromatic nitrogens is 2. The molecule has 100 valence electrons. The molecule has 0 radical (unpaired) electrons. The number of amides is 1. The number of nitrogens with zero attached hydrogens (tertiary/aromatic N) is 2. The van der Waals surface area contributed by atoms with E-state index in [1.165, 1.54) is 0 Å². The van der Waals surface area contributed by atoms with E-state index in [4.69, 9.17) is 34.8 Å². The predicted molar refractivity (Wildman–Crippen MR) is 77.4 cm³/mol. The van der Waals surface area contributed by atoms with E-state index in [9.17, 15) is 4.79 Å². The fraction of sp³-hybridized carbons (Fsp3) is 0.182. The van der Waals surface area contributed by atoms with Crippen LogP contribution in [0.2, 0.25) is 14.5 Å². The molecule has 0 aliphatic rings. The van der Waals surface area contributed by atoms with Gasteiger partial charge in [0.1, 0.15) is 0 Å². The van der Waals surface area contributed by atoms with Gasteiger partial charge in [-0.05, 0) is 35.7 Å². The SMILES string of the molecule is O=C(NCCc1ccc(Cl)cc1Cl)c1nnc(Cl)s1. The van der Waals surface area contributed by atoms with Gasteiger partial charge in [-0.1, -0.05) is 40.6 Å². The topological polar surface area (TPSA) is 54.9 Å². The van der Waals surface area contributed by atoms with Crippen molar-refractivity contribution in [3.63, 3.8) is 0 Å². The van der Waals surface area contributed by atoms with Crippen LogP contribution in [0.15, 0.2) is 18.2 Å². The molecule has 0 bridgehead atoms. The third-order valence-corrected chi connectivity index (χ3v) is 3.89. The molecule has 0 spiro atoms. The number of carbonyl (C=O) groups excluding carboxylic acids is 1. The van der Waals surface area contributed by atoms with Crippen molar-refractivity contribution in [2.24, 2.45) is 0 Å². The smallest absolute Gasteiger partial charge is 0.282 e. The van der Waals surface area contributed by atoms with Gasteiger partial charge in [0.05, 0.1) is 0 Å². The average molecular weight is 337 g/mol. The fourth-order valence-electron chi connectivity index (χ4n) is 1.41. The molecule has 1 N–H and O–H groups in total. The van der Waals surface area contributed by atoms with E-state index >= 15 is 0 Å². The lowest BCUT2D eigenvalue weighted by atomic mass is 10.1. The van der Waals surface area contributed by atoms with Gasteiger partial charge in [0.2, 0.25) is 9.47 Å². The van der Waals surface area contributed by atoms with Gasteiger partial charge in [0.25, 0.3) is 5.91 Å². The second-order valence-electron chi connectivity index (χ2n) is 3.60. The summed E-state index contributed by atoms with van der Waals surface area (Å²) < 4.78 is 0.242. The van der Waals surface area contributed by atoms with Crippen molar-refractivity contribution >= 4 is 52.0 Å². The lowest BCUT2D eigenvalue weighted by molar-refractivity contribution is 0.0953. The first-order valence-corrected chi connectivity index (χ1v) is 7.22. The highest BCUT2D eigenvalue weighted by Crippen LogP contribution is 2.21. The van der Waals surface area contributed by atoms with Crippen LogP contribution in [-0.2, 0) is 6.42 Å². The number of hydrogen-bond donors (Lipinski definition) is 1. The number of nitrogens with one attached hydrogen (secondary N) is 1. The maximum Gasteiger partial charge on any atom is 0.282 e. The molecule has 0 saturated heterocycles. The highest BCUT2D eigenvalue weighted by Gasteiger charge is 2.11. The van der Waals surface area contributed by atoms with Gasteiger partial charge in [-0.15, -0.1) is 10.2 Å². The Morgan fingerprint density at radius 1 is 1.26 bits per heavy atom. The Kier molecular flexibility index (Phi) is 4.99. The van der Waals surface area contributed by atoms with E-state index in [0.717, 1.165) is 16.9 Å². The molecule has 1 aromatic heterocycles. The summed E-state index contributed by atoms with van der Waals surface area (Å²) in [6.07, 6.45) is 0.605. The van der Waals surface area contributed by atoms with Gasteiger partial charge in [-0.2, -0.15) is 0 Å². The summed E-state index contributed by atoms with van der Waals surface area (Å²) in [5.41, 5.74) is 0.918. The van der Waals surface area contributed by atoms with Crippen LogP contribution < -0.4 is 5.32 Å². The molecule has 0 unspecified atom stereocenters. The summed E-state index contributed by atoms with van der Waals surface area (Å²) in [6, 6.07) is 5.26. The van der Waals surface area contributed by atoms with E-state index in [2.05, 4.69) is 15.5 Å². The quantitative estimate of drug-likeness (QED) is 0.930. The average Bonchev–Trinajstić information content (AvgIpc) is 2.78. The zero-order chi connectivity index (χ0) is 13.8. The first-order valence-electron chi connectivity index (χ1n) is 5.27. The standard InChI is InChI=1S/C11H8Cl3N3OS/c12-7-2-1-6(8(13)5-7)3-4-15-9(18)10-16-17-11(14)19-10/h1-2,5H,3-4H2,(H,15,18). The second kappa shape index (κ2) is 6.52. The fourth-order valence-corrected chi connectivity index (χ4v) is 2.66. The Hall–Kier alpha value is -0.880. The number of carbonyl (C=O) groups is 1. The lowest BCUT2D eigenvalue weighted by Crippen LogP contribution is -2.25.